The minimum atomic E-state index is -5.00. The molecule has 1 heterocycles. The van der Waals surface area contributed by atoms with Crippen LogP contribution in [-0.2, 0) is 34.2 Å². The Hall–Kier alpha value is -1.49. The number of hydrogen-bond donors (Lipinski definition) is 2. The Balaban J connectivity index is 2.20. The van der Waals surface area contributed by atoms with E-state index in [1.54, 1.807) is 0 Å². The van der Waals surface area contributed by atoms with Gasteiger partial charge in [0.1, 0.15) is 13.2 Å². The Kier molecular flexibility index (Phi) is 16.1. The fourth-order valence-corrected chi connectivity index (χ4v) is 4.64. The van der Waals surface area contributed by atoms with Crippen LogP contribution in [0.1, 0.15) is 103 Å². The van der Waals surface area contributed by atoms with E-state index in [0.29, 0.717) is 6.42 Å². The molecule has 0 amide bonds. The van der Waals surface area contributed by atoms with Crippen molar-refractivity contribution in [1.29, 1.82) is 0 Å². The van der Waals surface area contributed by atoms with Crippen molar-refractivity contribution in [2.45, 2.75) is 108 Å². The van der Waals surface area contributed by atoms with Crippen LogP contribution >= 0.6 is 0 Å². The van der Waals surface area contributed by atoms with E-state index in [4.69, 9.17) is 4.74 Å². The summed E-state index contributed by atoms with van der Waals surface area (Å²) in [7, 11) is -5.00. The summed E-state index contributed by atoms with van der Waals surface area (Å²) in [4.78, 5) is 30.5. The summed E-state index contributed by atoms with van der Waals surface area (Å²) in [6, 6.07) is 0. The quantitative estimate of drug-likeness (QED) is 0.0901. The number of cyclic esters (lactones) is 1. The molecule has 0 bridgehead atoms. The van der Waals surface area contributed by atoms with Gasteiger partial charge in [-0.15, -0.1) is 0 Å². The third kappa shape index (κ3) is 12.3. The number of allylic oxidation sites excluding steroid dienone is 2. The molecule has 1 aliphatic rings. The molecule has 2 N–H and O–H groups in total. The van der Waals surface area contributed by atoms with Crippen molar-refractivity contribution in [3.63, 3.8) is 0 Å². The second kappa shape index (κ2) is 17.9. The van der Waals surface area contributed by atoms with Crippen LogP contribution in [0, 0.1) is 0 Å². The van der Waals surface area contributed by atoms with E-state index < -0.39 is 33.3 Å². The van der Waals surface area contributed by atoms with Gasteiger partial charge in [-0.2, -0.15) is 13.3 Å². The molecule has 34 heavy (non-hydrogen) atoms. The predicted molar refractivity (Wildman–Crippen MR) is 129 cm³/mol. The van der Waals surface area contributed by atoms with Gasteiger partial charge in [-0.1, -0.05) is 76.9 Å². The summed E-state index contributed by atoms with van der Waals surface area (Å²) in [6.45, 7) is 1.82. The lowest BCUT2D eigenvalue weighted by Crippen LogP contribution is -2.59. The van der Waals surface area contributed by atoms with Crippen molar-refractivity contribution in [2.75, 3.05) is 19.8 Å². The Bertz CT molecular complexity index is 710. The maximum absolute atomic E-state index is 12.3. The zero-order valence-electron chi connectivity index (χ0n) is 20.6. The summed E-state index contributed by atoms with van der Waals surface area (Å²) in [5.74, 6) is -2.34. The standard InChI is InChI=1S/C24H43NO8S/c1-2-3-4-5-6-7-8-9-10-11-12-13-14-15-16-17-18-25-24(34(28,29)30)21-22(26)33-32-20-19-31-23(24)27/h9-10,25H,2-8,11-21H2,1H3,(H,28,29,30)/b10-9-. The van der Waals surface area contributed by atoms with Gasteiger partial charge in [0.25, 0.3) is 15.0 Å². The van der Waals surface area contributed by atoms with Crippen molar-refractivity contribution >= 4 is 22.1 Å². The average Bonchev–Trinajstić information content (AvgIpc) is 2.85. The summed E-state index contributed by atoms with van der Waals surface area (Å²) < 4.78 is 38.5. The summed E-state index contributed by atoms with van der Waals surface area (Å²) in [5, 5.41) is 2.52. The highest BCUT2D eigenvalue weighted by molar-refractivity contribution is 7.88. The molecule has 9 nitrogen and oxygen atoms in total. The molecule has 0 spiro atoms. The van der Waals surface area contributed by atoms with Crippen LogP contribution in [0.25, 0.3) is 0 Å². The third-order valence-corrected chi connectivity index (χ3v) is 7.15. The van der Waals surface area contributed by atoms with Crippen molar-refractivity contribution in [1.82, 2.24) is 5.32 Å². The molecule has 0 aromatic rings. The van der Waals surface area contributed by atoms with Crippen molar-refractivity contribution in [2.24, 2.45) is 0 Å². The first-order valence-electron chi connectivity index (χ1n) is 12.7. The monoisotopic (exact) mass is 505 g/mol. The number of esters is 1. The van der Waals surface area contributed by atoms with E-state index in [1.807, 2.05) is 0 Å². The summed E-state index contributed by atoms with van der Waals surface area (Å²) in [6.07, 6.45) is 19.5. The molecule has 1 unspecified atom stereocenters. The van der Waals surface area contributed by atoms with Gasteiger partial charge >= 0.3 is 11.9 Å². The molecule has 0 aliphatic carbocycles. The van der Waals surface area contributed by atoms with Crippen LogP contribution in [0.5, 0.6) is 0 Å². The Morgan fingerprint density at radius 2 is 1.44 bits per heavy atom. The Morgan fingerprint density at radius 3 is 2.03 bits per heavy atom. The van der Waals surface area contributed by atoms with E-state index in [9.17, 15) is 22.6 Å². The number of unbranched alkanes of at least 4 members (excludes halogenated alkanes) is 12. The molecular formula is C24H43NO8S. The van der Waals surface area contributed by atoms with Gasteiger partial charge in [-0.05, 0) is 38.6 Å². The minimum absolute atomic E-state index is 0.115. The lowest BCUT2D eigenvalue weighted by molar-refractivity contribution is -0.274. The van der Waals surface area contributed by atoms with E-state index in [2.05, 4.69) is 34.2 Å². The lowest BCUT2D eigenvalue weighted by atomic mass is 10.1. The zero-order valence-corrected chi connectivity index (χ0v) is 21.4. The van der Waals surface area contributed by atoms with Crippen LogP contribution in [0.15, 0.2) is 12.2 Å². The van der Waals surface area contributed by atoms with Gasteiger partial charge < -0.3 is 4.74 Å². The smallest absolute Gasteiger partial charge is 0.346 e. The maximum atomic E-state index is 12.3. The van der Waals surface area contributed by atoms with Gasteiger partial charge in [0, 0.05) is 0 Å². The van der Waals surface area contributed by atoms with Crippen LogP contribution in [0.2, 0.25) is 0 Å². The molecule has 0 saturated carbocycles. The largest absolute Gasteiger partial charge is 0.461 e. The van der Waals surface area contributed by atoms with Crippen LogP contribution in [-0.4, -0.2) is 49.5 Å². The number of hydrogen-bond acceptors (Lipinski definition) is 8. The molecular weight excluding hydrogens is 462 g/mol. The normalized spacial score (nSPS) is 19.9. The molecule has 1 atom stereocenters. The lowest BCUT2D eigenvalue weighted by Gasteiger charge is -2.27. The van der Waals surface area contributed by atoms with Crippen LogP contribution < -0.4 is 5.32 Å². The van der Waals surface area contributed by atoms with Crippen LogP contribution in [0.4, 0.5) is 0 Å². The Morgan fingerprint density at radius 1 is 0.882 bits per heavy atom. The number of nitrogens with one attached hydrogen (secondary N) is 1. The maximum Gasteiger partial charge on any atom is 0.346 e. The first-order valence-corrected chi connectivity index (χ1v) is 14.1. The molecule has 0 aromatic heterocycles. The second-order valence-electron chi connectivity index (χ2n) is 8.76. The number of ether oxygens (including phenoxy) is 1. The highest BCUT2D eigenvalue weighted by atomic mass is 32.2. The molecule has 0 radical (unpaired) electrons. The van der Waals surface area contributed by atoms with Crippen LogP contribution in [0.3, 0.4) is 0 Å². The van der Waals surface area contributed by atoms with Gasteiger partial charge in [-0.3, -0.25) is 14.8 Å². The molecule has 1 aliphatic heterocycles. The van der Waals surface area contributed by atoms with E-state index in [0.717, 1.165) is 38.5 Å². The number of rotatable bonds is 18. The first kappa shape index (κ1) is 30.5. The fourth-order valence-electron chi connectivity index (χ4n) is 3.78. The predicted octanol–water partition coefficient (Wildman–Crippen LogP) is 4.62. The number of carbonyl (C=O) groups is 2. The highest BCUT2D eigenvalue weighted by Crippen LogP contribution is 2.22. The average molecular weight is 506 g/mol. The minimum Gasteiger partial charge on any atom is -0.461 e. The van der Waals surface area contributed by atoms with Gasteiger partial charge in [0.05, 0.1) is 6.42 Å². The molecule has 1 fully saturated rings. The fraction of sp³-hybridized carbons (Fsp3) is 0.833. The zero-order chi connectivity index (χ0) is 25.1. The molecule has 10 heteroatoms. The molecule has 0 aromatic carbocycles. The van der Waals surface area contributed by atoms with Gasteiger partial charge in [0.15, 0.2) is 0 Å². The van der Waals surface area contributed by atoms with E-state index >= 15 is 0 Å². The van der Waals surface area contributed by atoms with Crippen molar-refractivity contribution in [3.8, 4) is 0 Å². The third-order valence-electron chi connectivity index (χ3n) is 5.81. The van der Waals surface area contributed by atoms with Crippen molar-refractivity contribution < 1.29 is 37.1 Å². The summed E-state index contributed by atoms with van der Waals surface area (Å²) >= 11 is 0. The first-order chi connectivity index (χ1) is 16.3. The SMILES string of the molecule is CCCCCCCC/C=C\CCCCCCCCNC1(S(=O)(=O)O)CC(=O)OOCCOC1=O. The Labute approximate surface area is 204 Å². The number of carbonyl (C=O) groups excluding carboxylic acids is 2. The van der Waals surface area contributed by atoms with E-state index in [1.165, 1.54) is 44.9 Å². The summed E-state index contributed by atoms with van der Waals surface area (Å²) in [5.41, 5.74) is 0. The van der Waals surface area contributed by atoms with Gasteiger partial charge in [-0.25, -0.2) is 9.59 Å². The topological polar surface area (TPSA) is 128 Å². The molecule has 1 saturated heterocycles. The van der Waals surface area contributed by atoms with Crippen molar-refractivity contribution in [3.05, 3.63) is 12.2 Å². The highest BCUT2D eigenvalue weighted by Gasteiger charge is 2.54. The van der Waals surface area contributed by atoms with Gasteiger partial charge in [0.2, 0.25) is 0 Å². The molecule has 1 rings (SSSR count). The van der Waals surface area contributed by atoms with E-state index in [-0.39, 0.29) is 19.8 Å². The molecule has 198 valence electrons. The second-order valence-corrected chi connectivity index (χ2v) is 10.4.